The minimum Gasteiger partial charge on any atom is -0.496 e. The number of methoxy groups -OCH3 is 1. The molecule has 0 aliphatic heterocycles. The Balaban J connectivity index is 2.45. The Bertz CT molecular complexity index is 851. The van der Waals surface area contributed by atoms with Crippen molar-refractivity contribution in [3.05, 3.63) is 64.2 Å². The maximum atomic E-state index is 13.8. The summed E-state index contributed by atoms with van der Waals surface area (Å²) in [4.78, 5) is 0. The fourth-order valence-corrected chi connectivity index (χ4v) is 3.49. The smallest absolute Gasteiger partial charge is 0.417 e. The third-order valence-corrected chi connectivity index (χ3v) is 4.92. The fourth-order valence-electron chi connectivity index (χ4n) is 3.29. The number of aliphatic hydroxyl groups is 1. The third kappa shape index (κ3) is 4.75. The van der Waals surface area contributed by atoms with E-state index in [0.717, 1.165) is 30.3 Å². The van der Waals surface area contributed by atoms with Crippen LogP contribution in [0.1, 0.15) is 31.4 Å². The van der Waals surface area contributed by atoms with Gasteiger partial charge in [0.1, 0.15) is 17.4 Å². The molecule has 0 saturated heterocycles. The number of rotatable bonds is 6. The van der Waals surface area contributed by atoms with Crippen molar-refractivity contribution in [3.8, 4) is 5.75 Å². The number of hydrogen-bond donors (Lipinski definition) is 1. The van der Waals surface area contributed by atoms with E-state index in [-0.39, 0.29) is 21.9 Å². The molecule has 2 aromatic carbocycles. The Kier molecular flexibility index (Phi) is 6.31. The first-order valence-electron chi connectivity index (χ1n) is 8.36. The third-order valence-electron chi connectivity index (χ3n) is 4.63. The highest BCUT2D eigenvalue weighted by Gasteiger charge is 2.56. The van der Waals surface area contributed by atoms with Gasteiger partial charge in [0.25, 0.3) is 0 Å². The Morgan fingerprint density at radius 3 is 2.21 bits per heavy atom. The Morgan fingerprint density at radius 1 is 1.04 bits per heavy atom. The molecule has 0 saturated carbocycles. The van der Waals surface area contributed by atoms with Crippen molar-refractivity contribution in [2.45, 2.75) is 43.9 Å². The second-order valence-electron chi connectivity index (χ2n) is 7.36. The van der Waals surface area contributed by atoms with Crippen molar-refractivity contribution in [2.24, 2.45) is 0 Å². The van der Waals surface area contributed by atoms with Gasteiger partial charge < -0.3 is 9.84 Å². The van der Waals surface area contributed by atoms with Crippen LogP contribution in [-0.2, 0) is 11.8 Å². The topological polar surface area (TPSA) is 29.5 Å². The summed E-state index contributed by atoms with van der Waals surface area (Å²) in [6.07, 6.45) is -6.61. The molecule has 1 unspecified atom stereocenters. The molecular weight excluding hydrogens is 403 g/mol. The van der Waals surface area contributed by atoms with Crippen molar-refractivity contribution < 1.29 is 31.8 Å². The molecule has 154 valence electrons. The van der Waals surface area contributed by atoms with E-state index in [2.05, 4.69) is 0 Å². The standard InChI is InChI=1S/C20H20ClF5O2/c1-18(2,14-9-13(22)5-7-17(14)28-3)11-19(27,20(24,25)26)10-12-4-6-16(23)15(21)8-12/h4-9,27H,10-11H2,1-3H3. The number of halogens is 6. The zero-order valence-corrected chi connectivity index (χ0v) is 16.3. The molecule has 0 aliphatic rings. The van der Waals surface area contributed by atoms with Gasteiger partial charge in [0, 0.05) is 12.0 Å². The molecule has 1 atom stereocenters. The lowest BCUT2D eigenvalue weighted by molar-refractivity contribution is -0.266. The van der Waals surface area contributed by atoms with Crippen LogP contribution in [0.15, 0.2) is 36.4 Å². The molecule has 0 amide bonds. The van der Waals surface area contributed by atoms with Crippen molar-refractivity contribution in [1.82, 2.24) is 0 Å². The maximum Gasteiger partial charge on any atom is 0.417 e. The van der Waals surface area contributed by atoms with Gasteiger partial charge in [-0.05, 0) is 47.7 Å². The van der Waals surface area contributed by atoms with Crippen LogP contribution in [0, 0.1) is 11.6 Å². The first-order chi connectivity index (χ1) is 12.8. The van der Waals surface area contributed by atoms with Gasteiger partial charge in [0.2, 0.25) is 0 Å². The van der Waals surface area contributed by atoms with E-state index in [0.29, 0.717) is 0 Å². The summed E-state index contributed by atoms with van der Waals surface area (Å²) in [5.41, 5.74) is -4.25. The second-order valence-corrected chi connectivity index (χ2v) is 7.77. The van der Waals surface area contributed by atoms with Crippen LogP contribution < -0.4 is 4.74 Å². The van der Waals surface area contributed by atoms with Gasteiger partial charge in [0.05, 0.1) is 12.1 Å². The molecule has 0 aliphatic carbocycles. The maximum absolute atomic E-state index is 13.8. The summed E-state index contributed by atoms with van der Waals surface area (Å²) >= 11 is 5.65. The van der Waals surface area contributed by atoms with Gasteiger partial charge in [-0.15, -0.1) is 0 Å². The van der Waals surface area contributed by atoms with E-state index in [1.807, 2.05) is 0 Å². The van der Waals surface area contributed by atoms with Crippen molar-refractivity contribution >= 4 is 11.6 Å². The molecule has 2 nitrogen and oxygen atoms in total. The number of ether oxygens (including phenoxy) is 1. The molecule has 0 radical (unpaired) electrons. The summed E-state index contributed by atoms with van der Waals surface area (Å²) in [6, 6.07) is 6.66. The minimum absolute atomic E-state index is 0.0215. The largest absolute Gasteiger partial charge is 0.496 e. The highest BCUT2D eigenvalue weighted by Crippen LogP contribution is 2.45. The Hall–Kier alpha value is -1.86. The SMILES string of the molecule is COc1ccc(F)cc1C(C)(C)CC(O)(Cc1ccc(F)c(Cl)c1)C(F)(F)F. The van der Waals surface area contributed by atoms with Gasteiger partial charge >= 0.3 is 6.18 Å². The van der Waals surface area contributed by atoms with Gasteiger partial charge in [-0.2, -0.15) is 13.2 Å². The van der Waals surface area contributed by atoms with Gasteiger partial charge in [-0.25, -0.2) is 8.78 Å². The molecule has 2 rings (SSSR count). The summed E-state index contributed by atoms with van der Waals surface area (Å²) in [7, 11) is 1.32. The summed E-state index contributed by atoms with van der Waals surface area (Å²) in [5.74, 6) is -1.20. The molecular formula is C20H20ClF5O2. The quantitative estimate of drug-likeness (QED) is 0.593. The first kappa shape index (κ1) is 22.4. The predicted molar refractivity (Wildman–Crippen MR) is 96.7 cm³/mol. The van der Waals surface area contributed by atoms with E-state index >= 15 is 0 Å². The zero-order valence-electron chi connectivity index (χ0n) is 15.5. The molecule has 0 fully saturated rings. The van der Waals surface area contributed by atoms with Crippen LogP contribution in [0.25, 0.3) is 0 Å². The normalized spacial score (nSPS) is 14.6. The monoisotopic (exact) mass is 422 g/mol. The van der Waals surface area contributed by atoms with Gasteiger partial charge in [0.15, 0.2) is 5.60 Å². The number of alkyl halides is 3. The van der Waals surface area contributed by atoms with E-state index in [1.165, 1.54) is 27.0 Å². The highest BCUT2D eigenvalue weighted by atomic mass is 35.5. The number of hydrogen-bond acceptors (Lipinski definition) is 2. The van der Waals surface area contributed by atoms with Crippen molar-refractivity contribution in [3.63, 3.8) is 0 Å². The lowest BCUT2D eigenvalue weighted by atomic mass is 9.72. The predicted octanol–water partition coefficient (Wildman–Crippen LogP) is 5.83. The summed E-state index contributed by atoms with van der Waals surface area (Å²) < 4.78 is 73.6. The highest BCUT2D eigenvalue weighted by molar-refractivity contribution is 6.30. The molecule has 0 spiro atoms. The van der Waals surface area contributed by atoms with E-state index in [1.54, 1.807) is 0 Å². The van der Waals surface area contributed by atoms with E-state index < -0.39 is 41.7 Å². The molecule has 1 N–H and O–H groups in total. The van der Waals surface area contributed by atoms with Gasteiger partial charge in [-0.1, -0.05) is 31.5 Å². The summed E-state index contributed by atoms with van der Waals surface area (Å²) in [5, 5.41) is 10.3. The lowest BCUT2D eigenvalue weighted by Crippen LogP contribution is -2.50. The van der Waals surface area contributed by atoms with Crippen LogP contribution in [0.5, 0.6) is 5.75 Å². The average Bonchev–Trinajstić information content (AvgIpc) is 2.56. The van der Waals surface area contributed by atoms with E-state index in [9.17, 15) is 27.1 Å². The minimum atomic E-state index is -4.99. The van der Waals surface area contributed by atoms with Crippen LogP contribution in [0.3, 0.4) is 0 Å². The second kappa shape index (κ2) is 7.87. The van der Waals surface area contributed by atoms with E-state index in [4.69, 9.17) is 16.3 Å². The Labute approximate surface area is 164 Å². The fraction of sp³-hybridized carbons (Fsp3) is 0.400. The van der Waals surface area contributed by atoms with Crippen molar-refractivity contribution in [2.75, 3.05) is 7.11 Å². The van der Waals surface area contributed by atoms with Crippen LogP contribution in [0.4, 0.5) is 22.0 Å². The molecule has 0 heterocycles. The zero-order chi connectivity index (χ0) is 21.3. The van der Waals surface area contributed by atoms with Crippen LogP contribution in [0.2, 0.25) is 5.02 Å². The molecule has 0 aromatic heterocycles. The molecule has 2 aromatic rings. The molecule has 8 heteroatoms. The lowest BCUT2D eigenvalue weighted by Gasteiger charge is -2.38. The van der Waals surface area contributed by atoms with Crippen LogP contribution in [-0.4, -0.2) is 24.0 Å². The summed E-state index contributed by atoms with van der Waals surface area (Å²) in [6.45, 7) is 2.91. The van der Waals surface area contributed by atoms with Crippen molar-refractivity contribution in [1.29, 1.82) is 0 Å². The number of benzene rings is 2. The molecule has 0 bridgehead atoms. The van der Waals surface area contributed by atoms with Crippen LogP contribution >= 0.6 is 11.6 Å². The van der Waals surface area contributed by atoms with Gasteiger partial charge in [-0.3, -0.25) is 0 Å². The molecule has 28 heavy (non-hydrogen) atoms. The first-order valence-corrected chi connectivity index (χ1v) is 8.74. The Morgan fingerprint density at radius 2 is 1.68 bits per heavy atom. The average molecular weight is 423 g/mol.